The number of rotatable bonds is 7. The number of amides is 2. The van der Waals surface area contributed by atoms with Crippen LogP contribution in [-0.2, 0) is 11.3 Å². The molecule has 28 heavy (non-hydrogen) atoms. The summed E-state index contributed by atoms with van der Waals surface area (Å²) in [7, 11) is 0. The number of carbonyl (C=O) groups excluding carboxylic acids is 2. The van der Waals surface area contributed by atoms with Crippen LogP contribution in [0.1, 0.15) is 29.8 Å². The molecule has 150 valence electrons. The first-order valence-corrected chi connectivity index (χ1v) is 8.64. The van der Waals surface area contributed by atoms with Crippen LogP contribution in [0.4, 0.5) is 13.2 Å². The van der Waals surface area contributed by atoms with Gasteiger partial charge in [0.15, 0.2) is 0 Å². The number of hydrogen-bond acceptors (Lipinski definition) is 3. The van der Waals surface area contributed by atoms with Crippen LogP contribution >= 0.6 is 0 Å². The molecule has 1 atom stereocenters. The van der Waals surface area contributed by atoms with Gasteiger partial charge in [-0.1, -0.05) is 50.2 Å². The van der Waals surface area contributed by atoms with Crippen LogP contribution in [0.15, 0.2) is 54.6 Å². The van der Waals surface area contributed by atoms with Crippen LogP contribution in [-0.4, -0.2) is 24.2 Å². The summed E-state index contributed by atoms with van der Waals surface area (Å²) in [5.41, 5.74) is 0.579. The molecule has 0 aliphatic heterocycles. The van der Waals surface area contributed by atoms with E-state index in [4.69, 9.17) is 0 Å². The topological polar surface area (TPSA) is 67.4 Å². The number of benzene rings is 2. The van der Waals surface area contributed by atoms with E-state index in [9.17, 15) is 22.8 Å². The molecule has 0 aliphatic carbocycles. The molecule has 0 radical (unpaired) electrons. The predicted molar refractivity (Wildman–Crippen MR) is 97.5 cm³/mol. The minimum Gasteiger partial charge on any atom is -0.405 e. The fourth-order valence-electron chi connectivity index (χ4n) is 2.52. The highest BCUT2D eigenvalue weighted by molar-refractivity contribution is 5.97. The van der Waals surface area contributed by atoms with E-state index in [1.165, 1.54) is 18.2 Å². The Morgan fingerprint density at radius 3 is 2.21 bits per heavy atom. The molecule has 0 heterocycles. The van der Waals surface area contributed by atoms with Crippen molar-refractivity contribution < 1.29 is 27.5 Å². The summed E-state index contributed by atoms with van der Waals surface area (Å²) in [5, 5.41) is 5.22. The Hall–Kier alpha value is -3.03. The molecular formula is C20H21F3N2O3. The van der Waals surface area contributed by atoms with E-state index in [1.54, 1.807) is 50.2 Å². The lowest BCUT2D eigenvalue weighted by Crippen LogP contribution is -2.49. The first-order valence-electron chi connectivity index (χ1n) is 8.64. The Labute approximate surface area is 160 Å². The highest BCUT2D eigenvalue weighted by Gasteiger charge is 2.32. The maximum Gasteiger partial charge on any atom is 0.573 e. The second-order valence-corrected chi connectivity index (χ2v) is 6.43. The lowest BCUT2D eigenvalue weighted by atomic mass is 10.0. The Morgan fingerprint density at radius 2 is 1.61 bits per heavy atom. The summed E-state index contributed by atoms with van der Waals surface area (Å²) in [4.78, 5) is 24.8. The predicted octanol–water partition coefficient (Wildman–Crippen LogP) is 3.66. The van der Waals surface area contributed by atoms with E-state index in [0.29, 0.717) is 5.56 Å². The summed E-state index contributed by atoms with van der Waals surface area (Å²) >= 11 is 0. The van der Waals surface area contributed by atoms with Gasteiger partial charge in [0.2, 0.25) is 5.91 Å². The number of halogens is 3. The third-order valence-corrected chi connectivity index (χ3v) is 3.92. The minimum absolute atomic E-state index is 0.171. The zero-order chi connectivity index (χ0) is 20.7. The molecule has 0 fully saturated rings. The zero-order valence-electron chi connectivity index (χ0n) is 15.4. The first kappa shape index (κ1) is 21.3. The standard InChI is InChI=1S/C20H21F3N2O3/c1-13(2)17(25-18(26)14-8-4-3-5-9-14)19(27)24-12-15-10-6-7-11-16(15)28-20(21,22)23/h3-11,13,17H,12H2,1-2H3,(H,24,27)(H,25,26). The van der Waals surface area contributed by atoms with E-state index >= 15 is 0 Å². The van der Waals surface area contributed by atoms with Gasteiger partial charge >= 0.3 is 6.36 Å². The fourth-order valence-corrected chi connectivity index (χ4v) is 2.52. The van der Waals surface area contributed by atoms with Crippen LogP contribution < -0.4 is 15.4 Å². The van der Waals surface area contributed by atoms with Crippen molar-refractivity contribution in [2.24, 2.45) is 5.92 Å². The molecule has 8 heteroatoms. The van der Waals surface area contributed by atoms with Gasteiger partial charge < -0.3 is 15.4 Å². The number of carbonyl (C=O) groups is 2. The van der Waals surface area contributed by atoms with Gasteiger partial charge in [-0.3, -0.25) is 9.59 Å². The first-order chi connectivity index (χ1) is 13.2. The summed E-state index contributed by atoms with van der Waals surface area (Å²) < 4.78 is 41.5. The molecule has 1 unspecified atom stereocenters. The largest absolute Gasteiger partial charge is 0.573 e. The molecular weight excluding hydrogens is 373 g/mol. The van der Waals surface area contributed by atoms with Crippen LogP contribution in [0.3, 0.4) is 0 Å². The summed E-state index contributed by atoms with van der Waals surface area (Å²) in [5.74, 6) is -1.52. The van der Waals surface area contributed by atoms with Crippen molar-refractivity contribution in [1.29, 1.82) is 0 Å². The van der Waals surface area contributed by atoms with E-state index in [-0.39, 0.29) is 23.8 Å². The van der Waals surface area contributed by atoms with Crippen molar-refractivity contribution >= 4 is 11.8 Å². The second-order valence-electron chi connectivity index (χ2n) is 6.43. The third-order valence-electron chi connectivity index (χ3n) is 3.92. The van der Waals surface area contributed by atoms with Gasteiger partial charge in [-0.2, -0.15) is 0 Å². The molecule has 0 saturated carbocycles. The highest BCUT2D eigenvalue weighted by atomic mass is 19.4. The molecule has 0 spiro atoms. The van der Waals surface area contributed by atoms with Crippen molar-refractivity contribution in [3.63, 3.8) is 0 Å². The van der Waals surface area contributed by atoms with Crippen molar-refractivity contribution in [2.75, 3.05) is 0 Å². The number of alkyl halides is 3. The maximum absolute atomic E-state index is 12.5. The van der Waals surface area contributed by atoms with Gasteiger partial charge in [-0.25, -0.2) is 0 Å². The normalized spacial score (nSPS) is 12.4. The van der Waals surface area contributed by atoms with Gasteiger partial charge in [-0.15, -0.1) is 13.2 Å². The summed E-state index contributed by atoms with van der Waals surface area (Å²) in [6.07, 6.45) is -4.83. The smallest absolute Gasteiger partial charge is 0.405 e. The average Bonchev–Trinajstić information content (AvgIpc) is 2.64. The van der Waals surface area contributed by atoms with Crippen molar-refractivity contribution in [2.45, 2.75) is 32.8 Å². The quantitative estimate of drug-likeness (QED) is 0.753. The molecule has 0 bridgehead atoms. The molecule has 2 amide bonds. The monoisotopic (exact) mass is 394 g/mol. The Bertz CT molecular complexity index is 808. The summed E-state index contributed by atoms with van der Waals surface area (Å²) in [6, 6.07) is 13.1. The maximum atomic E-state index is 12.5. The lowest BCUT2D eigenvalue weighted by Gasteiger charge is -2.22. The van der Waals surface area contributed by atoms with Crippen molar-refractivity contribution in [1.82, 2.24) is 10.6 Å². The number of ether oxygens (including phenoxy) is 1. The second kappa shape index (κ2) is 9.25. The fraction of sp³-hybridized carbons (Fsp3) is 0.300. The molecule has 2 aromatic rings. The summed E-state index contributed by atoms with van der Waals surface area (Å²) in [6.45, 7) is 3.35. The van der Waals surface area contributed by atoms with Gasteiger partial charge in [0.05, 0.1) is 0 Å². The van der Waals surface area contributed by atoms with E-state index in [2.05, 4.69) is 15.4 Å². The molecule has 2 N–H and O–H groups in total. The van der Waals surface area contributed by atoms with Crippen LogP contribution in [0.2, 0.25) is 0 Å². The van der Waals surface area contributed by atoms with E-state index in [0.717, 1.165) is 0 Å². The van der Waals surface area contributed by atoms with Crippen molar-refractivity contribution in [3.8, 4) is 5.75 Å². The number of nitrogens with one attached hydrogen (secondary N) is 2. The highest BCUT2D eigenvalue weighted by Crippen LogP contribution is 2.26. The van der Waals surface area contributed by atoms with E-state index in [1.807, 2.05) is 0 Å². The Balaban J connectivity index is 2.04. The van der Waals surface area contributed by atoms with Gasteiger partial charge in [0.25, 0.3) is 5.91 Å². The molecule has 0 aliphatic rings. The van der Waals surface area contributed by atoms with Crippen molar-refractivity contribution in [3.05, 3.63) is 65.7 Å². The van der Waals surface area contributed by atoms with Gasteiger partial charge in [0, 0.05) is 17.7 Å². The Kier molecular flexibility index (Phi) is 7.03. The van der Waals surface area contributed by atoms with Crippen LogP contribution in [0.25, 0.3) is 0 Å². The molecule has 2 rings (SSSR count). The molecule has 0 saturated heterocycles. The average molecular weight is 394 g/mol. The number of para-hydroxylation sites is 1. The van der Waals surface area contributed by atoms with Crippen LogP contribution in [0, 0.1) is 5.92 Å². The minimum atomic E-state index is -4.83. The van der Waals surface area contributed by atoms with Gasteiger partial charge in [-0.05, 0) is 24.1 Å². The molecule has 5 nitrogen and oxygen atoms in total. The molecule has 2 aromatic carbocycles. The molecule has 0 aromatic heterocycles. The third kappa shape index (κ3) is 6.29. The van der Waals surface area contributed by atoms with Crippen LogP contribution in [0.5, 0.6) is 5.75 Å². The number of hydrogen-bond donors (Lipinski definition) is 2. The van der Waals surface area contributed by atoms with Gasteiger partial charge in [0.1, 0.15) is 11.8 Å². The Morgan fingerprint density at radius 1 is 1.00 bits per heavy atom. The van der Waals surface area contributed by atoms with E-state index < -0.39 is 24.2 Å². The SMILES string of the molecule is CC(C)C(NC(=O)c1ccccc1)C(=O)NCc1ccccc1OC(F)(F)F. The zero-order valence-corrected chi connectivity index (χ0v) is 15.4. The lowest BCUT2D eigenvalue weighted by molar-refractivity contribution is -0.274.